The molecule has 4 heteroatoms. The van der Waals surface area contributed by atoms with Gasteiger partial charge in [0.2, 0.25) is 0 Å². The lowest BCUT2D eigenvalue weighted by atomic mass is 9.92. The van der Waals surface area contributed by atoms with Crippen molar-refractivity contribution in [2.45, 2.75) is 18.9 Å². The maximum absolute atomic E-state index is 10.5. The zero-order valence-corrected chi connectivity index (χ0v) is 10.7. The Bertz CT molecular complexity index is 480. The molecule has 2 rings (SSSR count). The molecule has 17 heavy (non-hydrogen) atoms. The van der Waals surface area contributed by atoms with Crippen LogP contribution in [0, 0.1) is 0 Å². The lowest BCUT2D eigenvalue weighted by Crippen LogP contribution is -2.23. The number of aromatic nitrogens is 1. The molecule has 0 saturated heterocycles. The molecule has 0 aliphatic rings. The quantitative estimate of drug-likeness (QED) is 0.905. The van der Waals surface area contributed by atoms with E-state index < -0.39 is 5.60 Å². The van der Waals surface area contributed by atoms with E-state index in [4.69, 9.17) is 4.74 Å². The van der Waals surface area contributed by atoms with E-state index in [9.17, 15) is 5.11 Å². The zero-order chi connectivity index (χ0) is 12.3. The molecular weight excluding hydrogens is 234 g/mol. The Morgan fingerprint density at radius 2 is 2.29 bits per heavy atom. The molecule has 0 fully saturated rings. The molecule has 0 aliphatic carbocycles. The largest absolute Gasteiger partial charge is 0.497 e. The number of benzene rings is 1. The summed E-state index contributed by atoms with van der Waals surface area (Å²) in [6.07, 6.45) is 2.35. The third-order valence-electron chi connectivity index (χ3n) is 2.69. The minimum Gasteiger partial charge on any atom is -0.497 e. The molecule has 0 bridgehead atoms. The van der Waals surface area contributed by atoms with Crippen molar-refractivity contribution >= 4 is 11.3 Å². The van der Waals surface area contributed by atoms with Gasteiger partial charge < -0.3 is 9.84 Å². The first kappa shape index (κ1) is 12.1. The van der Waals surface area contributed by atoms with Crippen LogP contribution in [0.25, 0.3) is 0 Å². The number of thiazole rings is 1. The molecule has 0 aliphatic heterocycles. The van der Waals surface area contributed by atoms with Gasteiger partial charge in [0.05, 0.1) is 18.2 Å². The maximum atomic E-state index is 10.5. The Morgan fingerprint density at radius 3 is 2.94 bits per heavy atom. The first-order valence-electron chi connectivity index (χ1n) is 5.36. The van der Waals surface area contributed by atoms with Crippen LogP contribution in [0.15, 0.2) is 36.0 Å². The van der Waals surface area contributed by atoms with Crippen LogP contribution in [0.3, 0.4) is 0 Å². The summed E-state index contributed by atoms with van der Waals surface area (Å²) in [4.78, 5) is 5.08. The van der Waals surface area contributed by atoms with Crippen molar-refractivity contribution in [3.63, 3.8) is 0 Å². The van der Waals surface area contributed by atoms with Gasteiger partial charge in [-0.1, -0.05) is 12.1 Å². The van der Waals surface area contributed by atoms with Gasteiger partial charge in [0, 0.05) is 17.5 Å². The van der Waals surface area contributed by atoms with Crippen molar-refractivity contribution in [1.29, 1.82) is 0 Å². The lowest BCUT2D eigenvalue weighted by Gasteiger charge is -2.23. The molecule has 0 radical (unpaired) electrons. The van der Waals surface area contributed by atoms with Crippen molar-refractivity contribution in [1.82, 2.24) is 4.98 Å². The molecule has 0 spiro atoms. The van der Waals surface area contributed by atoms with E-state index >= 15 is 0 Å². The average Bonchev–Trinajstić information content (AvgIpc) is 2.81. The van der Waals surface area contributed by atoms with Crippen LogP contribution in [0.5, 0.6) is 5.75 Å². The molecule has 2 aromatic rings. The van der Waals surface area contributed by atoms with Crippen LogP contribution in [-0.2, 0) is 12.0 Å². The number of methoxy groups -OCH3 is 1. The van der Waals surface area contributed by atoms with Gasteiger partial charge in [-0.05, 0) is 24.6 Å². The Balaban J connectivity index is 2.24. The summed E-state index contributed by atoms with van der Waals surface area (Å²) in [6, 6.07) is 7.52. The summed E-state index contributed by atoms with van der Waals surface area (Å²) in [5.41, 5.74) is 1.73. The van der Waals surface area contributed by atoms with Crippen molar-refractivity contribution in [3.05, 3.63) is 46.4 Å². The normalized spacial score (nSPS) is 14.3. The number of rotatable bonds is 4. The predicted molar refractivity (Wildman–Crippen MR) is 68.4 cm³/mol. The molecular formula is C13H15NO2S. The molecule has 1 N–H and O–H groups in total. The van der Waals surface area contributed by atoms with Gasteiger partial charge in [-0.15, -0.1) is 11.3 Å². The maximum Gasteiger partial charge on any atom is 0.119 e. The second kappa shape index (κ2) is 4.85. The second-order valence-corrected chi connectivity index (χ2v) is 5.12. The Labute approximate surface area is 105 Å². The van der Waals surface area contributed by atoms with E-state index in [0.29, 0.717) is 6.42 Å². The highest BCUT2D eigenvalue weighted by Crippen LogP contribution is 2.28. The van der Waals surface area contributed by atoms with Gasteiger partial charge in [-0.25, -0.2) is 0 Å². The summed E-state index contributed by atoms with van der Waals surface area (Å²) in [7, 11) is 1.62. The topological polar surface area (TPSA) is 42.4 Å². The lowest BCUT2D eigenvalue weighted by molar-refractivity contribution is 0.0582. The minimum absolute atomic E-state index is 0.560. The monoisotopic (exact) mass is 249 g/mol. The molecule has 1 heterocycles. The Morgan fingerprint density at radius 1 is 1.47 bits per heavy atom. The molecule has 1 aromatic carbocycles. The Kier molecular flexibility index (Phi) is 3.45. The standard InChI is InChI=1S/C13H15NO2S/c1-13(15,7-12-8-14-9-17-12)10-4-3-5-11(6-10)16-2/h3-6,8-9,15H,7H2,1-2H3. The number of hydrogen-bond donors (Lipinski definition) is 1. The van der Waals surface area contributed by atoms with Crippen molar-refractivity contribution in [2.24, 2.45) is 0 Å². The fraction of sp³-hybridized carbons (Fsp3) is 0.308. The fourth-order valence-electron chi connectivity index (χ4n) is 1.73. The fourth-order valence-corrected chi connectivity index (χ4v) is 2.47. The van der Waals surface area contributed by atoms with Gasteiger partial charge in [0.1, 0.15) is 5.75 Å². The van der Waals surface area contributed by atoms with Crippen molar-refractivity contribution < 1.29 is 9.84 Å². The summed E-state index contributed by atoms with van der Waals surface area (Å²) < 4.78 is 5.16. The predicted octanol–water partition coefficient (Wildman–Crippen LogP) is 2.60. The van der Waals surface area contributed by atoms with Crippen molar-refractivity contribution in [2.75, 3.05) is 7.11 Å². The van der Waals surface area contributed by atoms with Gasteiger partial charge in [-0.3, -0.25) is 4.98 Å². The van der Waals surface area contributed by atoms with Crippen LogP contribution in [0.2, 0.25) is 0 Å². The van der Waals surface area contributed by atoms with Crippen LogP contribution in [0.1, 0.15) is 17.4 Å². The van der Waals surface area contributed by atoms with Crippen LogP contribution in [0.4, 0.5) is 0 Å². The van der Waals surface area contributed by atoms with Gasteiger partial charge in [0.25, 0.3) is 0 Å². The molecule has 1 aromatic heterocycles. The van der Waals surface area contributed by atoms with E-state index in [1.807, 2.05) is 31.2 Å². The van der Waals surface area contributed by atoms with E-state index in [1.165, 1.54) is 0 Å². The summed E-state index contributed by atoms with van der Waals surface area (Å²) in [6.45, 7) is 1.81. The number of ether oxygens (including phenoxy) is 1. The minimum atomic E-state index is -0.902. The van der Waals surface area contributed by atoms with Crippen LogP contribution in [-0.4, -0.2) is 17.2 Å². The third kappa shape index (κ3) is 2.84. The molecule has 1 unspecified atom stereocenters. The van der Waals surface area contributed by atoms with Crippen LogP contribution >= 0.6 is 11.3 Å². The highest BCUT2D eigenvalue weighted by atomic mass is 32.1. The van der Waals surface area contributed by atoms with Gasteiger partial charge in [-0.2, -0.15) is 0 Å². The molecule has 1 atom stereocenters. The summed E-state index contributed by atoms with van der Waals surface area (Å²) >= 11 is 1.55. The molecule has 0 saturated carbocycles. The molecule has 0 amide bonds. The van der Waals surface area contributed by atoms with E-state index in [1.54, 1.807) is 30.2 Å². The smallest absolute Gasteiger partial charge is 0.119 e. The second-order valence-electron chi connectivity index (χ2n) is 4.15. The highest BCUT2D eigenvalue weighted by molar-refractivity contribution is 7.09. The van der Waals surface area contributed by atoms with E-state index in [2.05, 4.69) is 4.98 Å². The Hall–Kier alpha value is -1.39. The first-order chi connectivity index (χ1) is 8.12. The number of nitrogens with zero attached hydrogens (tertiary/aromatic N) is 1. The van der Waals surface area contributed by atoms with Crippen LogP contribution < -0.4 is 4.74 Å². The van der Waals surface area contributed by atoms with Gasteiger partial charge >= 0.3 is 0 Å². The third-order valence-corrected chi connectivity index (χ3v) is 3.47. The summed E-state index contributed by atoms with van der Waals surface area (Å²) in [5, 5.41) is 10.5. The highest BCUT2D eigenvalue weighted by Gasteiger charge is 2.24. The van der Waals surface area contributed by atoms with Crippen molar-refractivity contribution in [3.8, 4) is 5.75 Å². The zero-order valence-electron chi connectivity index (χ0n) is 9.88. The first-order valence-corrected chi connectivity index (χ1v) is 6.24. The van der Waals surface area contributed by atoms with E-state index in [0.717, 1.165) is 16.2 Å². The average molecular weight is 249 g/mol. The molecule has 3 nitrogen and oxygen atoms in total. The summed E-state index contributed by atoms with van der Waals surface area (Å²) in [5.74, 6) is 0.757. The SMILES string of the molecule is COc1cccc(C(C)(O)Cc2cncs2)c1. The van der Waals surface area contributed by atoms with Gasteiger partial charge in [0.15, 0.2) is 0 Å². The molecule has 90 valence electrons. The number of hydrogen-bond acceptors (Lipinski definition) is 4. The number of aliphatic hydroxyl groups is 1. The van der Waals surface area contributed by atoms with E-state index in [-0.39, 0.29) is 0 Å².